The van der Waals surface area contributed by atoms with E-state index in [-0.39, 0.29) is 18.0 Å². The Morgan fingerprint density at radius 2 is 1.81 bits per heavy atom. The molecule has 4 rings (SSSR count). The van der Waals surface area contributed by atoms with Crippen molar-refractivity contribution in [1.82, 2.24) is 14.8 Å². The highest BCUT2D eigenvalue weighted by Crippen LogP contribution is 2.38. The fraction of sp³-hybridized carbons (Fsp3) is 0.300. The number of aryl methyl sites for hydroxylation is 1. The summed E-state index contributed by atoms with van der Waals surface area (Å²) < 4.78 is 7.44. The summed E-state index contributed by atoms with van der Waals surface area (Å²) in [5.41, 5.74) is 9.51. The maximum absolute atomic E-state index is 5.86. The number of rotatable bonds is 4. The largest absolute Gasteiger partial charge is 0.494 e. The van der Waals surface area contributed by atoms with Crippen LogP contribution in [0.1, 0.15) is 42.1 Å². The van der Waals surface area contributed by atoms with Crippen molar-refractivity contribution in [2.24, 2.45) is 0 Å². The highest BCUT2D eigenvalue weighted by molar-refractivity contribution is 5.42. The zero-order chi connectivity index (χ0) is 18.1. The molecule has 6 heteroatoms. The zero-order valence-corrected chi connectivity index (χ0v) is 15.0. The fourth-order valence-corrected chi connectivity index (χ4v) is 3.44. The van der Waals surface area contributed by atoms with Crippen LogP contribution in [-0.2, 0) is 0 Å². The number of nitrogens with zero attached hydrogens (tertiary/aromatic N) is 3. The number of fused-ring (bicyclic) bond motifs is 1. The zero-order valence-electron chi connectivity index (χ0n) is 15.0. The third kappa shape index (κ3) is 3.10. The summed E-state index contributed by atoms with van der Waals surface area (Å²) in [7, 11) is 0. The van der Waals surface area contributed by atoms with Gasteiger partial charge in [-0.1, -0.05) is 42.0 Å². The molecule has 3 N–H and O–H groups in total. The van der Waals surface area contributed by atoms with E-state index in [2.05, 4.69) is 58.7 Å². The minimum absolute atomic E-state index is 0.0676. The topological polar surface area (TPSA) is 78.0 Å². The SMILES string of the molecule is CCOc1ccc(C2CC(c3ccc(C)cc3)Nc3nc(N)nn32)cc1. The first-order chi connectivity index (χ1) is 12.6. The van der Waals surface area contributed by atoms with E-state index in [4.69, 9.17) is 10.5 Å². The Balaban J connectivity index is 1.69. The summed E-state index contributed by atoms with van der Waals surface area (Å²) in [6.45, 7) is 4.74. The van der Waals surface area contributed by atoms with Crippen LogP contribution < -0.4 is 15.8 Å². The van der Waals surface area contributed by atoms with Crippen LogP contribution in [0.2, 0.25) is 0 Å². The highest BCUT2D eigenvalue weighted by Gasteiger charge is 2.30. The molecule has 0 saturated heterocycles. The molecule has 6 nitrogen and oxygen atoms in total. The summed E-state index contributed by atoms with van der Waals surface area (Å²) in [5, 5.41) is 7.87. The summed E-state index contributed by atoms with van der Waals surface area (Å²) in [6, 6.07) is 17.0. The molecule has 2 heterocycles. The Morgan fingerprint density at radius 3 is 2.50 bits per heavy atom. The molecular weight excluding hydrogens is 326 g/mol. The quantitative estimate of drug-likeness (QED) is 0.751. The molecule has 2 atom stereocenters. The predicted molar refractivity (Wildman–Crippen MR) is 102 cm³/mol. The standard InChI is InChI=1S/C20H23N5O/c1-3-26-16-10-8-15(9-11-16)18-12-17(14-6-4-13(2)5-7-14)22-20-23-19(21)24-25(18)20/h4-11,17-18H,3,12H2,1-2H3,(H3,21,22,23,24). The van der Waals surface area contributed by atoms with Gasteiger partial charge in [-0.2, -0.15) is 4.98 Å². The summed E-state index contributed by atoms with van der Waals surface area (Å²) >= 11 is 0. The molecule has 0 saturated carbocycles. The van der Waals surface area contributed by atoms with Gasteiger partial charge in [0.25, 0.3) is 0 Å². The van der Waals surface area contributed by atoms with Crippen LogP contribution in [0.5, 0.6) is 5.75 Å². The lowest BCUT2D eigenvalue weighted by atomic mass is 9.93. The lowest BCUT2D eigenvalue weighted by molar-refractivity contribution is 0.340. The average molecular weight is 349 g/mol. The van der Waals surface area contributed by atoms with Crippen molar-refractivity contribution in [1.29, 1.82) is 0 Å². The number of hydrogen-bond acceptors (Lipinski definition) is 5. The maximum Gasteiger partial charge on any atom is 0.241 e. The molecule has 0 bridgehead atoms. The van der Waals surface area contributed by atoms with Crippen molar-refractivity contribution in [3.05, 3.63) is 65.2 Å². The monoisotopic (exact) mass is 349 g/mol. The lowest BCUT2D eigenvalue weighted by Crippen LogP contribution is -2.28. The van der Waals surface area contributed by atoms with Gasteiger partial charge in [0.2, 0.25) is 11.9 Å². The first-order valence-corrected chi connectivity index (χ1v) is 8.92. The van der Waals surface area contributed by atoms with Gasteiger partial charge >= 0.3 is 0 Å². The summed E-state index contributed by atoms with van der Waals surface area (Å²) in [6.07, 6.45) is 0.868. The molecule has 2 aromatic carbocycles. The number of anilines is 2. The Morgan fingerprint density at radius 1 is 1.12 bits per heavy atom. The molecule has 1 aromatic heterocycles. The van der Waals surface area contributed by atoms with Gasteiger partial charge in [-0.05, 0) is 43.5 Å². The van der Waals surface area contributed by atoms with Crippen LogP contribution in [0.25, 0.3) is 0 Å². The van der Waals surface area contributed by atoms with Gasteiger partial charge in [0.1, 0.15) is 5.75 Å². The molecule has 0 aliphatic carbocycles. The van der Waals surface area contributed by atoms with Crippen LogP contribution >= 0.6 is 0 Å². The van der Waals surface area contributed by atoms with Gasteiger partial charge in [0, 0.05) is 0 Å². The number of hydrogen-bond donors (Lipinski definition) is 2. The second-order valence-electron chi connectivity index (χ2n) is 6.60. The van der Waals surface area contributed by atoms with Crippen molar-refractivity contribution in [2.45, 2.75) is 32.4 Å². The fourth-order valence-electron chi connectivity index (χ4n) is 3.44. The van der Waals surface area contributed by atoms with Gasteiger partial charge in [-0.3, -0.25) is 0 Å². The van der Waals surface area contributed by atoms with E-state index in [1.165, 1.54) is 16.7 Å². The van der Waals surface area contributed by atoms with E-state index in [0.29, 0.717) is 12.6 Å². The molecule has 0 spiro atoms. The second-order valence-corrected chi connectivity index (χ2v) is 6.60. The molecule has 0 amide bonds. The first kappa shape index (κ1) is 16.4. The normalized spacial score (nSPS) is 18.8. The van der Waals surface area contributed by atoms with Gasteiger partial charge in [-0.25, -0.2) is 4.68 Å². The van der Waals surface area contributed by atoms with Crippen molar-refractivity contribution in [3.63, 3.8) is 0 Å². The molecule has 1 aliphatic rings. The average Bonchev–Trinajstić information content (AvgIpc) is 3.02. The van der Waals surface area contributed by atoms with E-state index in [0.717, 1.165) is 12.2 Å². The number of aromatic nitrogens is 3. The third-order valence-corrected chi connectivity index (χ3v) is 4.76. The van der Waals surface area contributed by atoms with Gasteiger partial charge in [0.05, 0.1) is 18.7 Å². The Labute approximate surface area is 153 Å². The van der Waals surface area contributed by atoms with Crippen molar-refractivity contribution in [3.8, 4) is 5.75 Å². The van der Waals surface area contributed by atoms with Crippen LogP contribution in [0.3, 0.4) is 0 Å². The van der Waals surface area contributed by atoms with Crippen LogP contribution in [0.4, 0.5) is 11.9 Å². The molecule has 3 aromatic rings. The molecule has 0 radical (unpaired) electrons. The second kappa shape index (κ2) is 6.71. The smallest absolute Gasteiger partial charge is 0.241 e. The first-order valence-electron chi connectivity index (χ1n) is 8.92. The van der Waals surface area contributed by atoms with E-state index in [1.54, 1.807) is 0 Å². The van der Waals surface area contributed by atoms with E-state index in [1.807, 2.05) is 23.7 Å². The Bertz CT molecular complexity index is 886. The number of nitrogen functional groups attached to an aromatic ring is 1. The van der Waals surface area contributed by atoms with E-state index < -0.39 is 0 Å². The molecular formula is C20H23N5O. The van der Waals surface area contributed by atoms with E-state index in [9.17, 15) is 0 Å². The van der Waals surface area contributed by atoms with Gasteiger partial charge in [0.15, 0.2) is 0 Å². The molecule has 1 aliphatic heterocycles. The summed E-state index contributed by atoms with van der Waals surface area (Å²) in [5.74, 6) is 1.87. The van der Waals surface area contributed by atoms with Crippen LogP contribution in [-0.4, -0.2) is 21.4 Å². The Kier molecular flexibility index (Phi) is 4.24. The van der Waals surface area contributed by atoms with E-state index >= 15 is 0 Å². The number of ether oxygens (including phenoxy) is 1. The highest BCUT2D eigenvalue weighted by atomic mass is 16.5. The Hall–Kier alpha value is -3.02. The minimum Gasteiger partial charge on any atom is -0.494 e. The lowest BCUT2D eigenvalue weighted by Gasteiger charge is -2.31. The predicted octanol–water partition coefficient (Wildman–Crippen LogP) is 3.71. The minimum atomic E-state index is 0.0676. The number of nitrogens with one attached hydrogen (secondary N) is 1. The molecule has 134 valence electrons. The number of benzene rings is 2. The molecule has 2 unspecified atom stereocenters. The number of nitrogens with two attached hydrogens (primary N) is 1. The molecule has 26 heavy (non-hydrogen) atoms. The van der Waals surface area contributed by atoms with Crippen molar-refractivity contribution >= 4 is 11.9 Å². The molecule has 0 fully saturated rings. The van der Waals surface area contributed by atoms with Crippen LogP contribution in [0, 0.1) is 6.92 Å². The third-order valence-electron chi connectivity index (χ3n) is 4.76. The van der Waals surface area contributed by atoms with Gasteiger partial charge in [-0.15, -0.1) is 5.10 Å². The van der Waals surface area contributed by atoms with Crippen molar-refractivity contribution in [2.75, 3.05) is 17.7 Å². The maximum atomic E-state index is 5.86. The van der Waals surface area contributed by atoms with Crippen LogP contribution in [0.15, 0.2) is 48.5 Å². The van der Waals surface area contributed by atoms with Crippen molar-refractivity contribution < 1.29 is 4.74 Å². The summed E-state index contributed by atoms with van der Waals surface area (Å²) in [4.78, 5) is 4.36. The van der Waals surface area contributed by atoms with Gasteiger partial charge < -0.3 is 15.8 Å².